The summed E-state index contributed by atoms with van der Waals surface area (Å²) in [6.45, 7) is 2.10. The molecule has 0 spiro atoms. The molecule has 0 aliphatic carbocycles. The van der Waals surface area contributed by atoms with E-state index in [1.165, 1.54) is 21.4 Å². The van der Waals surface area contributed by atoms with Gasteiger partial charge in [0.2, 0.25) is 0 Å². The molecule has 1 aliphatic heterocycles. The Kier molecular flexibility index (Phi) is 1.77. The van der Waals surface area contributed by atoms with Crippen molar-refractivity contribution in [1.82, 2.24) is 9.95 Å². The van der Waals surface area contributed by atoms with Gasteiger partial charge in [0.25, 0.3) is 0 Å². The van der Waals surface area contributed by atoms with Gasteiger partial charge in [-0.3, -0.25) is 0 Å². The van der Waals surface area contributed by atoms with Crippen molar-refractivity contribution in [3.8, 4) is 0 Å². The van der Waals surface area contributed by atoms with Crippen LogP contribution in [0.3, 0.4) is 0 Å². The summed E-state index contributed by atoms with van der Waals surface area (Å²) in [6, 6.07) is 0. The minimum absolute atomic E-state index is 1.05. The van der Waals surface area contributed by atoms with E-state index in [1.54, 1.807) is 0 Å². The molecule has 1 aliphatic rings. The maximum absolute atomic E-state index is 5.33. The Morgan fingerprint density at radius 3 is 3.00 bits per heavy atom. The number of hydrogen-bond donors (Lipinski definition) is 2. The molecule has 8 heavy (non-hydrogen) atoms. The van der Waals surface area contributed by atoms with Gasteiger partial charge in [-0.1, -0.05) is 11.4 Å². The number of hydrogen-bond acceptors (Lipinski definition) is 4. The molecule has 46 valence electrons. The Labute approximate surface area is 53.0 Å². The van der Waals surface area contributed by atoms with Gasteiger partial charge in [-0.2, -0.15) is 0 Å². The SMILES string of the molecule is CCC1=CNN(N)S1. The zero-order chi connectivity index (χ0) is 5.98. The summed E-state index contributed by atoms with van der Waals surface area (Å²) >= 11 is 1.53. The first kappa shape index (κ1) is 5.94. The highest BCUT2D eigenvalue weighted by Crippen LogP contribution is 2.22. The minimum Gasteiger partial charge on any atom is -0.302 e. The average molecular weight is 131 g/mol. The van der Waals surface area contributed by atoms with Crippen LogP contribution in [0.15, 0.2) is 11.1 Å². The van der Waals surface area contributed by atoms with E-state index < -0.39 is 0 Å². The summed E-state index contributed by atoms with van der Waals surface area (Å²) in [4.78, 5) is 1.27. The second-order valence-corrected chi connectivity index (χ2v) is 2.61. The summed E-state index contributed by atoms with van der Waals surface area (Å²) in [5.74, 6) is 5.33. The number of nitrogens with zero attached hydrogens (tertiary/aromatic N) is 1. The van der Waals surface area contributed by atoms with Gasteiger partial charge in [-0.15, -0.1) is 0 Å². The molecule has 0 aromatic carbocycles. The van der Waals surface area contributed by atoms with Crippen LogP contribution < -0.4 is 11.3 Å². The smallest absolute Gasteiger partial charge is 0.0260 e. The maximum Gasteiger partial charge on any atom is 0.0260 e. The molecule has 0 amide bonds. The Morgan fingerprint density at radius 2 is 2.75 bits per heavy atom. The lowest BCUT2D eigenvalue weighted by Gasteiger charge is -2.03. The molecular weight excluding hydrogens is 122 g/mol. The summed E-state index contributed by atoms with van der Waals surface area (Å²) in [7, 11) is 0. The van der Waals surface area contributed by atoms with E-state index in [9.17, 15) is 0 Å². The number of allylic oxidation sites excluding steroid dienone is 1. The molecule has 0 fully saturated rings. The van der Waals surface area contributed by atoms with Crippen LogP contribution in [-0.4, -0.2) is 4.52 Å². The van der Waals surface area contributed by atoms with Crippen molar-refractivity contribution in [1.29, 1.82) is 0 Å². The normalized spacial score (nSPS) is 20.5. The van der Waals surface area contributed by atoms with Gasteiger partial charge in [0.1, 0.15) is 0 Å². The van der Waals surface area contributed by atoms with Crippen LogP contribution in [-0.2, 0) is 0 Å². The molecule has 1 rings (SSSR count). The van der Waals surface area contributed by atoms with E-state index in [0.717, 1.165) is 6.42 Å². The van der Waals surface area contributed by atoms with E-state index in [0.29, 0.717) is 0 Å². The fraction of sp³-hybridized carbons (Fsp3) is 0.500. The molecule has 0 radical (unpaired) electrons. The first-order valence-corrected chi connectivity index (χ1v) is 3.28. The zero-order valence-electron chi connectivity index (χ0n) is 4.72. The summed E-state index contributed by atoms with van der Waals surface area (Å²) in [6.07, 6.45) is 2.95. The van der Waals surface area contributed by atoms with E-state index in [2.05, 4.69) is 12.3 Å². The topological polar surface area (TPSA) is 41.3 Å². The van der Waals surface area contributed by atoms with Crippen molar-refractivity contribution >= 4 is 11.9 Å². The molecule has 0 bridgehead atoms. The van der Waals surface area contributed by atoms with Crippen molar-refractivity contribution in [2.24, 2.45) is 5.84 Å². The Bertz CT molecular complexity index is 112. The van der Waals surface area contributed by atoms with Crippen LogP contribution in [0.5, 0.6) is 0 Å². The summed E-state index contributed by atoms with van der Waals surface area (Å²) < 4.78 is 1.48. The second kappa shape index (κ2) is 2.39. The molecule has 1 heterocycles. The third-order valence-electron chi connectivity index (χ3n) is 0.917. The van der Waals surface area contributed by atoms with Gasteiger partial charge < -0.3 is 5.43 Å². The number of nitrogens with one attached hydrogen (secondary N) is 1. The first-order valence-electron chi connectivity index (χ1n) is 2.51. The standard InChI is InChI=1S/C4H9N3S/c1-2-4-3-6-7(5)8-4/h3,6H,2,5H2,1H3. The van der Waals surface area contributed by atoms with Crippen LogP contribution in [0, 0.1) is 0 Å². The lowest BCUT2D eigenvalue weighted by Crippen LogP contribution is -2.30. The van der Waals surface area contributed by atoms with E-state index >= 15 is 0 Å². The van der Waals surface area contributed by atoms with Gasteiger partial charge in [0.15, 0.2) is 0 Å². The minimum atomic E-state index is 1.05. The van der Waals surface area contributed by atoms with Crippen LogP contribution in [0.25, 0.3) is 0 Å². The summed E-state index contributed by atoms with van der Waals surface area (Å²) in [5, 5.41) is 0. The van der Waals surface area contributed by atoms with Gasteiger partial charge >= 0.3 is 0 Å². The van der Waals surface area contributed by atoms with Crippen LogP contribution in [0.2, 0.25) is 0 Å². The third-order valence-corrected chi connectivity index (χ3v) is 1.86. The van der Waals surface area contributed by atoms with Gasteiger partial charge in [-0.25, -0.2) is 5.84 Å². The van der Waals surface area contributed by atoms with Gasteiger partial charge in [0, 0.05) is 11.1 Å². The summed E-state index contributed by atoms with van der Waals surface area (Å²) in [5.41, 5.74) is 2.83. The lowest BCUT2D eigenvalue weighted by atomic mass is 10.5. The highest BCUT2D eigenvalue weighted by atomic mass is 32.2. The molecule has 4 heteroatoms. The Balaban J connectivity index is 2.37. The van der Waals surface area contributed by atoms with Crippen LogP contribution >= 0.6 is 11.9 Å². The fourth-order valence-corrected chi connectivity index (χ4v) is 1.07. The molecule has 3 nitrogen and oxygen atoms in total. The molecule has 0 saturated carbocycles. The highest BCUT2D eigenvalue weighted by Gasteiger charge is 2.07. The second-order valence-electron chi connectivity index (χ2n) is 1.51. The monoisotopic (exact) mass is 131 g/mol. The number of hydrazine groups is 2. The molecule has 3 N–H and O–H groups in total. The van der Waals surface area contributed by atoms with Gasteiger partial charge in [-0.05, 0) is 18.4 Å². The highest BCUT2D eigenvalue weighted by molar-refractivity contribution is 8.00. The van der Waals surface area contributed by atoms with Crippen LogP contribution in [0.4, 0.5) is 0 Å². The largest absolute Gasteiger partial charge is 0.302 e. The molecule has 0 aromatic heterocycles. The zero-order valence-corrected chi connectivity index (χ0v) is 5.53. The molecule has 0 unspecified atom stereocenters. The van der Waals surface area contributed by atoms with Crippen LogP contribution in [0.1, 0.15) is 13.3 Å². The predicted molar refractivity (Wildman–Crippen MR) is 35.1 cm³/mol. The molecule has 0 aromatic rings. The molecule has 0 saturated heterocycles. The van der Waals surface area contributed by atoms with Crippen molar-refractivity contribution in [2.45, 2.75) is 13.3 Å². The molecule has 0 atom stereocenters. The lowest BCUT2D eigenvalue weighted by molar-refractivity contribution is 0.440. The fourth-order valence-electron chi connectivity index (χ4n) is 0.481. The number of rotatable bonds is 1. The van der Waals surface area contributed by atoms with Crippen molar-refractivity contribution < 1.29 is 0 Å². The van der Waals surface area contributed by atoms with E-state index in [4.69, 9.17) is 5.84 Å². The maximum atomic E-state index is 5.33. The first-order chi connectivity index (χ1) is 3.83. The quantitative estimate of drug-likeness (QED) is 0.403. The van der Waals surface area contributed by atoms with E-state index in [-0.39, 0.29) is 0 Å². The predicted octanol–water partition coefficient (Wildman–Crippen LogP) is 0.580. The van der Waals surface area contributed by atoms with Crippen molar-refractivity contribution in [3.63, 3.8) is 0 Å². The Hall–Kier alpha value is -0.190. The average Bonchev–Trinajstić information content (AvgIpc) is 2.14. The van der Waals surface area contributed by atoms with Crippen molar-refractivity contribution in [2.75, 3.05) is 0 Å². The van der Waals surface area contributed by atoms with E-state index in [1.807, 2.05) is 6.20 Å². The molecular formula is C4H9N3S. The third kappa shape index (κ3) is 1.15. The van der Waals surface area contributed by atoms with Crippen molar-refractivity contribution in [3.05, 3.63) is 11.1 Å². The van der Waals surface area contributed by atoms with Gasteiger partial charge in [0.05, 0.1) is 0 Å². The Morgan fingerprint density at radius 1 is 2.00 bits per heavy atom. The number of nitrogens with two attached hydrogens (primary N) is 1.